The standard InChI is InChI=1S/C23H18N6O/c1-28-18-11-5-4-10-17(18)27-22(28)19-20-23(26-16-9-3-2-8-15(16)25-20)29(21(19)24)13-14-7-6-12-30-14/h2-12H,13,24H2,1H3. The molecule has 0 radical (unpaired) electrons. The summed E-state index contributed by atoms with van der Waals surface area (Å²) in [7, 11) is 1.99. The molecule has 7 heteroatoms. The highest BCUT2D eigenvalue weighted by atomic mass is 16.3. The monoisotopic (exact) mass is 394 g/mol. The van der Waals surface area contributed by atoms with E-state index in [1.807, 2.05) is 72.3 Å². The summed E-state index contributed by atoms with van der Waals surface area (Å²) in [5.74, 6) is 2.13. The number of nitrogens with zero attached hydrogens (tertiary/aromatic N) is 5. The lowest BCUT2D eigenvalue weighted by atomic mass is 10.2. The van der Waals surface area contributed by atoms with E-state index in [2.05, 4.69) is 4.57 Å². The highest BCUT2D eigenvalue weighted by molar-refractivity contribution is 6.01. The van der Waals surface area contributed by atoms with Gasteiger partial charge in [0.1, 0.15) is 22.9 Å². The molecule has 0 saturated carbocycles. The Labute approximate surface area is 171 Å². The first-order valence-electron chi connectivity index (χ1n) is 9.69. The Hall–Kier alpha value is -4.13. The molecule has 4 heterocycles. The van der Waals surface area contributed by atoms with Crippen LogP contribution in [-0.2, 0) is 13.6 Å². The van der Waals surface area contributed by atoms with Crippen LogP contribution in [0.1, 0.15) is 5.76 Å². The Morgan fingerprint density at radius 3 is 2.33 bits per heavy atom. The maximum atomic E-state index is 6.71. The van der Waals surface area contributed by atoms with Gasteiger partial charge >= 0.3 is 0 Å². The fraction of sp³-hybridized carbons (Fsp3) is 0.0870. The number of rotatable bonds is 3. The molecular formula is C23H18N6O. The Bertz CT molecular complexity index is 1540. The molecule has 146 valence electrons. The number of anilines is 1. The number of benzene rings is 2. The van der Waals surface area contributed by atoms with Gasteiger partial charge in [-0.25, -0.2) is 15.0 Å². The topological polar surface area (TPSA) is 87.7 Å². The maximum Gasteiger partial charge on any atom is 0.162 e. The summed E-state index contributed by atoms with van der Waals surface area (Å²) < 4.78 is 9.57. The molecule has 0 amide bonds. The van der Waals surface area contributed by atoms with Crippen molar-refractivity contribution in [3.05, 3.63) is 72.7 Å². The number of furan rings is 1. The van der Waals surface area contributed by atoms with Gasteiger partial charge in [0, 0.05) is 7.05 Å². The second-order valence-electron chi connectivity index (χ2n) is 7.29. The van der Waals surface area contributed by atoms with Crippen molar-refractivity contribution in [2.45, 2.75) is 6.54 Å². The van der Waals surface area contributed by atoms with Gasteiger partial charge in [-0.05, 0) is 36.4 Å². The van der Waals surface area contributed by atoms with Crippen molar-refractivity contribution in [3.63, 3.8) is 0 Å². The second-order valence-corrected chi connectivity index (χ2v) is 7.29. The number of hydrogen-bond acceptors (Lipinski definition) is 5. The van der Waals surface area contributed by atoms with E-state index in [4.69, 9.17) is 25.1 Å². The first kappa shape index (κ1) is 16.8. The lowest BCUT2D eigenvalue weighted by Gasteiger charge is -2.06. The van der Waals surface area contributed by atoms with E-state index in [-0.39, 0.29) is 0 Å². The van der Waals surface area contributed by atoms with E-state index in [1.54, 1.807) is 6.26 Å². The fourth-order valence-electron chi connectivity index (χ4n) is 4.03. The van der Waals surface area contributed by atoms with E-state index in [1.165, 1.54) is 0 Å². The summed E-state index contributed by atoms with van der Waals surface area (Å²) in [6, 6.07) is 19.7. The van der Waals surface area contributed by atoms with Gasteiger partial charge in [0.25, 0.3) is 0 Å². The average molecular weight is 394 g/mol. The van der Waals surface area contributed by atoms with Crippen molar-refractivity contribution in [2.24, 2.45) is 7.05 Å². The second kappa shape index (κ2) is 6.18. The molecule has 30 heavy (non-hydrogen) atoms. The van der Waals surface area contributed by atoms with Gasteiger partial charge in [0.2, 0.25) is 0 Å². The van der Waals surface area contributed by atoms with Crippen molar-refractivity contribution >= 4 is 39.0 Å². The molecule has 2 aromatic carbocycles. The number of nitrogens with two attached hydrogens (primary N) is 1. The van der Waals surface area contributed by atoms with Crippen LogP contribution < -0.4 is 5.73 Å². The summed E-state index contributed by atoms with van der Waals surface area (Å²) in [5, 5.41) is 0. The predicted octanol–water partition coefficient (Wildman–Crippen LogP) is 4.36. The molecule has 0 fully saturated rings. The smallest absolute Gasteiger partial charge is 0.162 e. The summed E-state index contributed by atoms with van der Waals surface area (Å²) in [6.07, 6.45) is 1.66. The maximum absolute atomic E-state index is 6.71. The molecule has 0 bridgehead atoms. The molecule has 0 spiro atoms. The molecule has 6 rings (SSSR count). The minimum absolute atomic E-state index is 0.465. The van der Waals surface area contributed by atoms with Crippen LogP contribution in [0.4, 0.5) is 5.82 Å². The number of hydrogen-bond donors (Lipinski definition) is 1. The number of fused-ring (bicyclic) bond motifs is 3. The predicted molar refractivity (Wildman–Crippen MR) is 117 cm³/mol. The summed E-state index contributed by atoms with van der Waals surface area (Å²) in [6.45, 7) is 0.465. The summed E-state index contributed by atoms with van der Waals surface area (Å²) in [5.41, 5.74) is 12.5. The fourth-order valence-corrected chi connectivity index (χ4v) is 4.03. The molecule has 2 N–H and O–H groups in total. The quantitative estimate of drug-likeness (QED) is 0.482. The number of nitrogen functional groups attached to an aromatic ring is 1. The SMILES string of the molecule is Cn1c(-c2c(N)n(Cc3ccco3)c3nc4ccccc4nc23)nc2ccccc21. The highest BCUT2D eigenvalue weighted by Gasteiger charge is 2.24. The minimum atomic E-state index is 0.465. The average Bonchev–Trinajstić information content (AvgIpc) is 3.46. The van der Waals surface area contributed by atoms with Crippen LogP contribution in [0.5, 0.6) is 0 Å². The number of aromatic nitrogens is 5. The van der Waals surface area contributed by atoms with Gasteiger partial charge in [-0.15, -0.1) is 0 Å². The third kappa shape index (κ3) is 2.35. The first-order valence-corrected chi connectivity index (χ1v) is 9.69. The molecule has 6 aromatic rings. The van der Waals surface area contributed by atoms with Crippen LogP contribution in [0.3, 0.4) is 0 Å². The van der Waals surface area contributed by atoms with Crippen LogP contribution in [0.15, 0.2) is 71.3 Å². The number of aryl methyl sites for hydroxylation is 1. The van der Waals surface area contributed by atoms with Crippen LogP contribution in [-0.4, -0.2) is 24.1 Å². The zero-order valence-electron chi connectivity index (χ0n) is 16.3. The van der Waals surface area contributed by atoms with E-state index in [0.717, 1.165) is 44.7 Å². The Morgan fingerprint density at radius 1 is 0.867 bits per heavy atom. The van der Waals surface area contributed by atoms with Gasteiger partial charge in [-0.1, -0.05) is 24.3 Å². The van der Waals surface area contributed by atoms with Gasteiger partial charge < -0.3 is 19.3 Å². The van der Waals surface area contributed by atoms with E-state index >= 15 is 0 Å². The zero-order chi connectivity index (χ0) is 20.2. The third-order valence-corrected chi connectivity index (χ3v) is 5.50. The largest absolute Gasteiger partial charge is 0.467 e. The molecule has 0 saturated heterocycles. The molecule has 0 atom stereocenters. The van der Waals surface area contributed by atoms with Crippen LogP contribution in [0.25, 0.3) is 44.6 Å². The first-order chi connectivity index (χ1) is 14.7. The van der Waals surface area contributed by atoms with Gasteiger partial charge in [-0.2, -0.15) is 0 Å². The zero-order valence-corrected chi connectivity index (χ0v) is 16.3. The Balaban J connectivity index is 1.71. The molecule has 0 aliphatic heterocycles. The molecule has 0 aliphatic carbocycles. The molecule has 0 aliphatic rings. The van der Waals surface area contributed by atoms with Crippen LogP contribution in [0.2, 0.25) is 0 Å². The van der Waals surface area contributed by atoms with Gasteiger partial charge in [-0.3, -0.25) is 0 Å². The molecule has 7 nitrogen and oxygen atoms in total. The van der Waals surface area contributed by atoms with E-state index < -0.39 is 0 Å². The summed E-state index contributed by atoms with van der Waals surface area (Å²) in [4.78, 5) is 14.7. The van der Waals surface area contributed by atoms with Crippen molar-refractivity contribution < 1.29 is 4.42 Å². The van der Waals surface area contributed by atoms with E-state index in [0.29, 0.717) is 18.0 Å². The highest BCUT2D eigenvalue weighted by Crippen LogP contribution is 2.37. The van der Waals surface area contributed by atoms with E-state index in [9.17, 15) is 0 Å². The van der Waals surface area contributed by atoms with Gasteiger partial charge in [0.05, 0.1) is 40.4 Å². The van der Waals surface area contributed by atoms with Crippen LogP contribution >= 0.6 is 0 Å². The van der Waals surface area contributed by atoms with Crippen molar-refractivity contribution in [1.82, 2.24) is 24.1 Å². The molecule has 4 aromatic heterocycles. The lowest BCUT2D eigenvalue weighted by molar-refractivity contribution is 0.497. The molecular weight excluding hydrogens is 376 g/mol. The van der Waals surface area contributed by atoms with Gasteiger partial charge in [0.15, 0.2) is 5.65 Å². The normalized spacial score (nSPS) is 11.8. The number of imidazole rings is 1. The van der Waals surface area contributed by atoms with Crippen molar-refractivity contribution in [2.75, 3.05) is 5.73 Å². The third-order valence-electron chi connectivity index (χ3n) is 5.50. The van der Waals surface area contributed by atoms with Crippen LogP contribution in [0, 0.1) is 0 Å². The number of para-hydroxylation sites is 4. The lowest BCUT2D eigenvalue weighted by Crippen LogP contribution is -2.05. The van der Waals surface area contributed by atoms with Crippen molar-refractivity contribution in [3.8, 4) is 11.4 Å². The summed E-state index contributed by atoms with van der Waals surface area (Å²) >= 11 is 0. The minimum Gasteiger partial charge on any atom is -0.467 e. The Morgan fingerprint density at radius 2 is 1.60 bits per heavy atom. The Kier molecular flexibility index (Phi) is 3.46. The molecule has 0 unspecified atom stereocenters. The van der Waals surface area contributed by atoms with Crippen molar-refractivity contribution in [1.29, 1.82) is 0 Å².